The van der Waals surface area contributed by atoms with Crippen LogP contribution in [0.4, 0.5) is 18.9 Å². The molecule has 1 fully saturated rings. The Morgan fingerprint density at radius 3 is 2.57 bits per heavy atom. The van der Waals surface area contributed by atoms with Gasteiger partial charge in [0.1, 0.15) is 0 Å². The summed E-state index contributed by atoms with van der Waals surface area (Å²) in [6.07, 6.45) is -2.31. The molecule has 1 saturated heterocycles. The second-order valence-electron chi connectivity index (χ2n) is 6.87. The van der Waals surface area contributed by atoms with Gasteiger partial charge in [-0.2, -0.15) is 13.2 Å². The number of piperidine rings is 1. The summed E-state index contributed by atoms with van der Waals surface area (Å²) >= 11 is 1.11. The van der Waals surface area contributed by atoms with Gasteiger partial charge in [-0.15, -0.1) is 0 Å². The number of methoxy groups -OCH3 is 1. The number of anilines is 1. The van der Waals surface area contributed by atoms with Gasteiger partial charge in [0.2, 0.25) is 5.96 Å². The number of aryl methyl sites for hydroxylation is 1. The number of esters is 1. The quantitative estimate of drug-likeness (QED) is 0.661. The maximum atomic E-state index is 14.1. The minimum Gasteiger partial charge on any atom is -0.465 e. The Labute approximate surface area is 164 Å². The molecule has 4 rings (SSSR count). The number of amidine groups is 1. The first kappa shape index (κ1) is 19.1. The normalized spacial score (nSPS) is 24.3. The molecule has 0 amide bonds. The molecular weight excluding hydrogens is 393 g/mol. The van der Waals surface area contributed by atoms with Crippen molar-refractivity contribution >= 4 is 34.5 Å². The molecule has 1 aromatic carbocycles. The molecule has 6 nitrogen and oxygen atoms in total. The monoisotopic (exact) mass is 412 g/mol. The van der Waals surface area contributed by atoms with Crippen LogP contribution in [0.5, 0.6) is 0 Å². The first-order valence-electron chi connectivity index (χ1n) is 8.96. The highest BCUT2D eigenvalue weighted by molar-refractivity contribution is 8.15. The van der Waals surface area contributed by atoms with Crippen molar-refractivity contribution < 1.29 is 22.7 Å². The van der Waals surface area contributed by atoms with Crippen LogP contribution in [0.1, 0.15) is 24.8 Å². The van der Waals surface area contributed by atoms with Crippen molar-refractivity contribution in [3.8, 4) is 0 Å². The fourth-order valence-corrected chi connectivity index (χ4v) is 4.77. The van der Waals surface area contributed by atoms with Crippen LogP contribution in [0.15, 0.2) is 33.1 Å². The number of nitrogens with zero attached hydrogens (tertiary/aromatic N) is 4. The van der Waals surface area contributed by atoms with E-state index in [2.05, 4.69) is 14.7 Å². The average Bonchev–Trinajstić information content (AvgIpc) is 3.05. The second kappa shape index (κ2) is 6.68. The molecule has 0 bridgehead atoms. The van der Waals surface area contributed by atoms with Crippen LogP contribution in [0.2, 0.25) is 0 Å². The molecular formula is C18H19F3N4O2S. The van der Waals surface area contributed by atoms with Crippen molar-refractivity contribution in [2.24, 2.45) is 9.98 Å². The van der Waals surface area contributed by atoms with Crippen LogP contribution in [0.3, 0.4) is 0 Å². The molecule has 0 aromatic heterocycles. The van der Waals surface area contributed by atoms with E-state index in [-0.39, 0.29) is 11.1 Å². The molecule has 0 unspecified atom stereocenters. The van der Waals surface area contributed by atoms with Crippen molar-refractivity contribution in [1.29, 1.82) is 0 Å². The number of ether oxygens (including phenoxy) is 1. The summed E-state index contributed by atoms with van der Waals surface area (Å²) < 4.78 is 46.7. The Bertz CT molecular complexity index is 880. The number of carbonyl (C=O) groups is 1. The van der Waals surface area contributed by atoms with Gasteiger partial charge in [0.05, 0.1) is 12.8 Å². The van der Waals surface area contributed by atoms with Gasteiger partial charge in [0.25, 0.3) is 0 Å². The highest BCUT2D eigenvalue weighted by Gasteiger charge is 2.66. The van der Waals surface area contributed by atoms with E-state index >= 15 is 0 Å². The van der Waals surface area contributed by atoms with Crippen LogP contribution < -0.4 is 4.90 Å². The predicted molar refractivity (Wildman–Crippen MR) is 101 cm³/mol. The molecule has 3 aliphatic rings. The van der Waals surface area contributed by atoms with E-state index in [1.54, 1.807) is 4.90 Å². The summed E-state index contributed by atoms with van der Waals surface area (Å²) in [7, 11) is 0.916. The van der Waals surface area contributed by atoms with Crippen LogP contribution in [0.25, 0.3) is 0 Å². The van der Waals surface area contributed by atoms with E-state index < -0.39 is 17.8 Å². The lowest BCUT2D eigenvalue weighted by Gasteiger charge is -2.40. The number of hydrogen-bond donors (Lipinski definition) is 0. The van der Waals surface area contributed by atoms with Gasteiger partial charge in [-0.1, -0.05) is 12.1 Å². The van der Waals surface area contributed by atoms with E-state index in [1.807, 2.05) is 30.0 Å². The SMILES string of the molecule is COC(=O)[C@]1(C(F)(F)F)N=C2Sc3cccc(C)c3N2C(N2CCCCC2)=N1. The van der Waals surface area contributed by atoms with Crippen molar-refractivity contribution in [1.82, 2.24) is 4.90 Å². The minimum absolute atomic E-state index is 0.0857. The third-order valence-corrected chi connectivity index (χ3v) is 6.05. The fourth-order valence-electron chi connectivity index (χ4n) is 3.64. The lowest BCUT2D eigenvalue weighted by molar-refractivity contribution is -0.201. The maximum Gasteiger partial charge on any atom is 0.446 e. The largest absolute Gasteiger partial charge is 0.465 e. The number of hydrogen-bond acceptors (Lipinski definition) is 7. The summed E-state index contributed by atoms with van der Waals surface area (Å²) in [5.74, 6) is -1.43. The van der Waals surface area contributed by atoms with Crippen LogP contribution in [0, 0.1) is 6.92 Å². The summed E-state index contributed by atoms with van der Waals surface area (Å²) in [5.41, 5.74) is -1.63. The van der Waals surface area contributed by atoms with Gasteiger partial charge in [0, 0.05) is 18.0 Å². The number of halogens is 3. The Hall–Kier alpha value is -2.23. The molecule has 0 spiro atoms. The van der Waals surface area contributed by atoms with E-state index in [4.69, 9.17) is 0 Å². The molecule has 28 heavy (non-hydrogen) atoms. The molecule has 1 aromatic rings. The number of aliphatic imine (C=N–C) groups is 2. The van der Waals surface area contributed by atoms with Crippen molar-refractivity contribution in [2.45, 2.75) is 42.9 Å². The Morgan fingerprint density at radius 2 is 1.93 bits per heavy atom. The summed E-state index contributed by atoms with van der Waals surface area (Å²) in [6, 6.07) is 5.56. The molecule has 10 heteroatoms. The van der Waals surface area contributed by atoms with Gasteiger partial charge in [-0.05, 0) is 49.6 Å². The smallest absolute Gasteiger partial charge is 0.446 e. The number of thioether (sulfide) groups is 1. The molecule has 0 radical (unpaired) electrons. The zero-order chi connectivity index (χ0) is 20.1. The number of alkyl halides is 3. The first-order valence-corrected chi connectivity index (χ1v) is 9.77. The summed E-state index contributed by atoms with van der Waals surface area (Å²) in [4.78, 5) is 24.3. The molecule has 0 aliphatic carbocycles. The zero-order valence-electron chi connectivity index (χ0n) is 15.4. The standard InChI is InChI=1S/C18H19F3N4O2S/c1-11-7-6-8-12-13(11)25-15(24-9-4-3-5-10-24)22-17(14(26)27-2,18(19,20)21)23-16(25)28-12/h6-8H,3-5,9-10H2,1-2H3/t17-/m1/s1. The number of guanidine groups is 1. The average molecular weight is 412 g/mol. The highest BCUT2D eigenvalue weighted by Crippen LogP contribution is 2.48. The van der Waals surface area contributed by atoms with Gasteiger partial charge in [0.15, 0.2) is 5.17 Å². The van der Waals surface area contributed by atoms with Gasteiger partial charge < -0.3 is 9.64 Å². The van der Waals surface area contributed by atoms with Crippen molar-refractivity contribution in [3.63, 3.8) is 0 Å². The first-order chi connectivity index (χ1) is 13.3. The molecule has 1 atom stereocenters. The van der Waals surface area contributed by atoms with Crippen LogP contribution in [-0.2, 0) is 9.53 Å². The molecule has 3 aliphatic heterocycles. The predicted octanol–water partition coefficient (Wildman–Crippen LogP) is 3.55. The van der Waals surface area contributed by atoms with Crippen molar-refractivity contribution in [2.75, 3.05) is 25.1 Å². The number of carbonyl (C=O) groups excluding carboxylic acids is 1. The Balaban J connectivity index is 1.93. The lowest BCUT2D eigenvalue weighted by Crippen LogP contribution is -2.59. The third kappa shape index (κ3) is 2.76. The fraction of sp³-hybridized carbons (Fsp3) is 0.500. The maximum absolute atomic E-state index is 14.1. The van der Waals surface area contributed by atoms with E-state index in [0.717, 1.165) is 54.3 Å². The van der Waals surface area contributed by atoms with Crippen LogP contribution in [-0.4, -0.2) is 54.0 Å². The van der Waals surface area contributed by atoms with Gasteiger partial charge >= 0.3 is 17.8 Å². The number of likely N-dealkylation sites (tertiary alicyclic amines) is 1. The second-order valence-corrected chi connectivity index (χ2v) is 7.88. The van der Waals surface area contributed by atoms with Crippen LogP contribution >= 0.6 is 11.8 Å². The third-order valence-electron chi connectivity index (χ3n) is 5.04. The highest BCUT2D eigenvalue weighted by atomic mass is 32.2. The van der Waals surface area contributed by atoms with Crippen molar-refractivity contribution in [3.05, 3.63) is 23.8 Å². The molecule has 3 heterocycles. The zero-order valence-corrected chi connectivity index (χ0v) is 16.2. The molecule has 0 N–H and O–H groups in total. The molecule has 150 valence electrons. The summed E-state index contributed by atoms with van der Waals surface area (Å²) in [5, 5.41) is 0.0857. The lowest BCUT2D eigenvalue weighted by atomic mass is 10.1. The summed E-state index contributed by atoms with van der Waals surface area (Å²) in [6.45, 7) is 3.04. The van der Waals surface area contributed by atoms with Gasteiger partial charge in [-0.3, -0.25) is 4.90 Å². The minimum atomic E-state index is -5.02. The van der Waals surface area contributed by atoms with E-state index in [9.17, 15) is 18.0 Å². The Morgan fingerprint density at radius 1 is 1.21 bits per heavy atom. The number of para-hydroxylation sites is 1. The van der Waals surface area contributed by atoms with Gasteiger partial charge in [-0.25, -0.2) is 14.8 Å². The Kier molecular flexibility index (Phi) is 4.56. The number of fused-ring (bicyclic) bond motifs is 3. The number of benzene rings is 1. The van der Waals surface area contributed by atoms with E-state index in [1.165, 1.54) is 0 Å². The van der Waals surface area contributed by atoms with E-state index in [0.29, 0.717) is 13.1 Å². The molecule has 0 saturated carbocycles. The number of rotatable bonds is 1. The topological polar surface area (TPSA) is 57.5 Å².